The van der Waals surface area contributed by atoms with Gasteiger partial charge in [-0.25, -0.2) is 13.1 Å². The van der Waals surface area contributed by atoms with E-state index < -0.39 is 10.0 Å². The molecule has 0 amide bonds. The Kier molecular flexibility index (Phi) is 4.97. The predicted molar refractivity (Wildman–Crippen MR) is 98.1 cm³/mol. The number of benzene rings is 1. The summed E-state index contributed by atoms with van der Waals surface area (Å²) < 4.78 is 33.8. The van der Waals surface area contributed by atoms with Crippen LogP contribution >= 0.6 is 0 Å². The Morgan fingerprint density at radius 1 is 1.12 bits per heavy atom. The molecule has 0 saturated carbocycles. The van der Waals surface area contributed by atoms with Crippen molar-refractivity contribution in [3.05, 3.63) is 52.6 Å². The predicted octanol–water partition coefficient (Wildman–Crippen LogP) is 3.03. The number of aryl methyl sites for hydroxylation is 4. The summed E-state index contributed by atoms with van der Waals surface area (Å²) in [6.45, 7) is 7.60. The summed E-state index contributed by atoms with van der Waals surface area (Å²) in [5.41, 5.74) is 3.64. The zero-order valence-electron chi connectivity index (χ0n) is 15.3. The fraction of sp³-hybridized carbons (Fsp3) is 0.333. The van der Waals surface area contributed by atoms with Crippen LogP contribution in [0.4, 0.5) is 0 Å². The lowest BCUT2D eigenvalue weighted by Gasteiger charge is -2.08. The van der Waals surface area contributed by atoms with Crippen LogP contribution in [0.5, 0.6) is 0 Å². The van der Waals surface area contributed by atoms with Gasteiger partial charge in [-0.2, -0.15) is 4.98 Å². The van der Waals surface area contributed by atoms with E-state index in [9.17, 15) is 8.42 Å². The van der Waals surface area contributed by atoms with Gasteiger partial charge in [0.05, 0.1) is 5.56 Å². The summed E-state index contributed by atoms with van der Waals surface area (Å²) in [5.74, 6) is 0.744. The molecule has 1 aromatic carbocycles. The Morgan fingerprint density at radius 2 is 1.81 bits per heavy atom. The lowest BCUT2D eigenvalue weighted by Crippen LogP contribution is -2.24. The first-order valence-corrected chi connectivity index (χ1v) is 9.87. The highest BCUT2D eigenvalue weighted by atomic mass is 32.2. The van der Waals surface area contributed by atoms with Crippen molar-refractivity contribution < 1.29 is 12.9 Å². The Labute approximate surface area is 152 Å². The third kappa shape index (κ3) is 3.56. The van der Waals surface area contributed by atoms with Gasteiger partial charge >= 0.3 is 0 Å². The molecule has 0 bridgehead atoms. The van der Waals surface area contributed by atoms with E-state index in [0.29, 0.717) is 29.2 Å². The maximum atomic E-state index is 13.0. The van der Waals surface area contributed by atoms with Crippen LogP contribution in [0, 0.1) is 20.8 Å². The van der Waals surface area contributed by atoms with Crippen LogP contribution in [-0.2, 0) is 23.0 Å². The highest BCUT2D eigenvalue weighted by molar-refractivity contribution is 7.89. The quantitative estimate of drug-likeness (QED) is 0.691. The summed E-state index contributed by atoms with van der Waals surface area (Å²) in [6.07, 6.45) is 0.611. The van der Waals surface area contributed by atoms with E-state index in [1.165, 1.54) is 0 Å². The molecular weight excluding hydrogens is 352 g/mol. The summed E-state index contributed by atoms with van der Waals surface area (Å²) in [4.78, 5) is 7.50. The number of aromatic amines is 1. The van der Waals surface area contributed by atoms with E-state index in [0.717, 1.165) is 11.1 Å². The molecule has 0 radical (unpaired) electrons. The van der Waals surface area contributed by atoms with Crippen LogP contribution in [0.3, 0.4) is 0 Å². The molecule has 0 aliphatic rings. The molecule has 0 spiro atoms. The van der Waals surface area contributed by atoms with Gasteiger partial charge in [0.25, 0.3) is 5.89 Å². The number of hydrogen-bond donors (Lipinski definition) is 2. The molecule has 0 fully saturated rings. The summed E-state index contributed by atoms with van der Waals surface area (Å²) in [6, 6.07) is 7.70. The number of aromatic nitrogens is 3. The zero-order valence-corrected chi connectivity index (χ0v) is 16.1. The summed E-state index contributed by atoms with van der Waals surface area (Å²) in [7, 11) is -3.76. The largest absolute Gasteiger partial charge is 0.361 e. The third-order valence-electron chi connectivity index (χ3n) is 4.17. The number of hydrogen-bond acceptors (Lipinski definition) is 5. The van der Waals surface area contributed by atoms with Gasteiger partial charge in [-0.1, -0.05) is 41.9 Å². The highest BCUT2D eigenvalue weighted by Crippen LogP contribution is 2.32. The second-order valence-corrected chi connectivity index (χ2v) is 7.96. The van der Waals surface area contributed by atoms with Gasteiger partial charge in [-0.05, 0) is 26.3 Å². The molecule has 3 rings (SSSR count). The lowest BCUT2D eigenvalue weighted by atomic mass is 10.2. The molecule has 0 aliphatic heterocycles. The molecule has 8 heteroatoms. The molecule has 0 saturated heterocycles. The number of nitrogens with zero attached hydrogens (tertiary/aromatic N) is 2. The Morgan fingerprint density at radius 3 is 2.42 bits per heavy atom. The van der Waals surface area contributed by atoms with Gasteiger partial charge in [-0.3, -0.25) is 0 Å². The van der Waals surface area contributed by atoms with Crippen molar-refractivity contribution in [3.63, 3.8) is 0 Å². The summed E-state index contributed by atoms with van der Waals surface area (Å²) >= 11 is 0. The minimum atomic E-state index is -3.76. The van der Waals surface area contributed by atoms with Gasteiger partial charge in [0.1, 0.15) is 4.90 Å². The Balaban J connectivity index is 1.95. The van der Waals surface area contributed by atoms with Crippen molar-refractivity contribution in [2.75, 3.05) is 0 Å². The van der Waals surface area contributed by atoms with Crippen molar-refractivity contribution in [1.82, 2.24) is 19.8 Å². The third-order valence-corrected chi connectivity index (χ3v) is 5.74. The average molecular weight is 374 g/mol. The summed E-state index contributed by atoms with van der Waals surface area (Å²) in [5, 5.41) is 3.87. The number of sulfonamides is 1. The highest BCUT2D eigenvalue weighted by Gasteiger charge is 2.28. The molecule has 3 aromatic rings. The molecule has 2 heterocycles. The van der Waals surface area contributed by atoms with Crippen molar-refractivity contribution >= 4 is 10.0 Å². The molecule has 138 valence electrons. The first kappa shape index (κ1) is 18.3. The van der Waals surface area contributed by atoms with E-state index in [1.54, 1.807) is 13.8 Å². The fourth-order valence-corrected chi connectivity index (χ4v) is 4.27. The smallest absolute Gasteiger partial charge is 0.261 e. The van der Waals surface area contributed by atoms with Crippen molar-refractivity contribution in [2.45, 2.75) is 45.6 Å². The molecule has 7 nitrogen and oxygen atoms in total. The Hall–Kier alpha value is -2.45. The fourth-order valence-electron chi connectivity index (χ4n) is 2.81. The van der Waals surface area contributed by atoms with Crippen molar-refractivity contribution in [3.8, 4) is 11.5 Å². The van der Waals surface area contributed by atoms with Gasteiger partial charge in [0.15, 0.2) is 5.82 Å². The first-order chi connectivity index (χ1) is 12.3. The number of nitrogens with one attached hydrogen (secondary N) is 2. The average Bonchev–Trinajstić information content (AvgIpc) is 3.18. The van der Waals surface area contributed by atoms with Gasteiger partial charge in [0, 0.05) is 24.4 Å². The topological polar surface area (TPSA) is 101 Å². The van der Waals surface area contributed by atoms with Gasteiger partial charge in [-0.15, -0.1) is 0 Å². The van der Waals surface area contributed by atoms with Crippen molar-refractivity contribution in [1.29, 1.82) is 0 Å². The van der Waals surface area contributed by atoms with E-state index in [1.807, 2.05) is 38.1 Å². The van der Waals surface area contributed by atoms with Crippen LogP contribution in [0.1, 0.15) is 35.3 Å². The Bertz CT molecular complexity index is 1020. The molecule has 0 atom stereocenters. The van der Waals surface area contributed by atoms with Crippen LogP contribution in [-0.4, -0.2) is 23.5 Å². The second kappa shape index (κ2) is 7.05. The minimum absolute atomic E-state index is 0.147. The lowest BCUT2D eigenvalue weighted by molar-refractivity contribution is 0.422. The molecule has 2 N–H and O–H groups in total. The second-order valence-electron chi connectivity index (χ2n) is 6.26. The molecule has 0 unspecified atom stereocenters. The monoisotopic (exact) mass is 374 g/mol. The van der Waals surface area contributed by atoms with Gasteiger partial charge in [0.2, 0.25) is 10.0 Å². The van der Waals surface area contributed by atoms with Crippen molar-refractivity contribution in [2.24, 2.45) is 0 Å². The van der Waals surface area contributed by atoms with E-state index in [2.05, 4.69) is 19.8 Å². The van der Waals surface area contributed by atoms with Crippen LogP contribution in [0.2, 0.25) is 0 Å². The standard InChI is InChI=1S/C18H22N4O3S/c1-5-15-21-18(25-22-15)16-12(3)20-13(4)17(16)26(23,24)19-10-14-8-6-11(2)7-9-14/h6-9,19-20H,5,10H2,1-4H3. The van der Waals surface area contributed by atoms with Crippen LogP contribution < -0.4 is 4.72 Å². The van der Waals surface area contributed by atoms with E-state index in [-0.39, 0.29) is 17.3 Å². The maximum Gasteiger partial charge on any atom is 0.261 e. The molecular formula is C18H22N4O3S. The normalized spacial score (nSPS) is 11.8. The van der Waals surface area contributed by atoms with Crippen LogP contribution in [0.25, 0.3) is 11.5 Å². The zero-order chi connectivity index (χ0) is 18.9. The number of rotatable bonds is 6. The molecule has 2 aromatic heterocycles. The molecule has 26 heavy (non-hydrogen) atoms. The van der Waals surface area contributed by atoms with Crippen LogP contribution in [0.15, 0.2) is 33.7 Å². The van der Waals surface area contributed by atoms with E-state index in [4.69, 9.17) is 4.52 Å². The van der Waals surface area contributed by atoms with Gasteiger partial charge < -0.3 is 9.51 Å². The molecule has 0 aliphatic carbocycles. The minimum Gasteiger partial charge on any atom is -0.361 e. The maximum absolute atomic E-state index is 13.0. The first-order valence-electron chi connectivity index (χ1n) is 8.39. The SMILES string of the molecule is CCc1noc(-c2c(C)[nH]c(C)c2S(=O)(=O)NCc2ccc(C)cc2)n1. The van der Waals surface area contributed by atoms with E-state index >= 15 is 0 Å². The number of H-pyrrole nitrogens is 1.